The fourth-order valence-electron chi connectivity index (χ4n) is 1.96. The van der Waals surface area contributed by atoms with Gasteiger partial charge < -0.3 is 4.40 Å². The summed E-state index contributed by atoms with van der Waals surface area (Å²) in [5, 5.41) is 0. The lowest BCUT2D eigenvalue weighted by Gasteiger charge is -2.05. The Morgan fingerprint density at radius 1 is 1.10 bits per heavy atom. The lowest BCUT2D eigenvalue weighted by molar-refractivity contribution is -0.137. The molecular weight excluding hydrogens is 333 g/mol. The van der Waals surface area contributed by atoms with Gasteiger partial charge in [-0.15, -0.1) is 0 Å². The molecule has 2 aromatic heterocycles. The summed E-state index contributed by atoms with van der Waals surface area (Å²) < 4.78 is 40.4. The van der Waals surface area contributed by atoms with E-state index in [0.717, 1.165) is 22.2 Å². The first kappa shape index (κ1) is 13.2. The Morgan fingerprint density at radius 3 is 2.55 bits per heavy atom. The molecule has 0 amide bonds. The number of fused-ring (bicyclic) bond motifs is 1. The Bertz CT molecular complexity index is 777. The molecule has 0 saturated heterocycles. The first-order valence-electron chi connectivity index (χ1n) is 5.76. The third-order valence-corrected chi connectivity index (χ3v) is 3.63. The summed E-state index contributed by atoms with van der Waals surface area (Å²) in [6.07, 6.45) is -1.29. The molecule has 2 nitrogen and oxygen atoms in total. The van der Waals surface area contributed by atoms with Crippen LogP contribution >= 0.6 is 15.9 Å². The molecular formula is C14H8BrF3N2. The average molecular weight is 341 g/mol. The molecule has 0 bridgehead atoms. The normalized spacial score (nSPS) is 12.0. The van der Waals surface area contributed by atoms with E-state index in [1.54, 1.807) is 10.6 Å². The third kappa shape index (κ3) is 2.31. The molecule has 0 aliphatic rings. The van der Waals surface area contributed by atoms with Crippen LogP contribution in [0.25, 0.3) is 16.9 Å². The number of aromatic nitrogens is 2. The fourth-order valence-corrected chi connectivity index (χ4v) is 2.44. The Morgan fingerprint density at radius 2 is 1.85 bits per heavy atom. The van der Waals surface area contributed by atoms with Crippen molar-refractivity contribution in [2.45, 2.75) is 6.18 Å². The van der Waals surface area contributed by atoms with E-state index in [1.165, 1.54) is 6.20 Å². The summed E-state index contributed by atoms with van der Waals surface area (Å²) in [4.78, 5) is 4.25. The zero-order chi connectivity index (χ0) is 14.3. The highest BCUT2D eigenvalue weighted by Crippen LogP contribution is 2.31. The van der Waals surface area contributed by atoms with Gasteiger partial charge in [-0.05, 0) is 18.2 Å². The van der Waals surface area contributed by atoms with Crippen molar-refractivity contribution in [1.29, 1.82) is 0 Å². The van der Waals surface area contributed by atoms with Crippen LogP contribution in [0.5, 0.6) is 0 Å². The molecule has 0 N–H and O–H groups in total. The largest absolute Gasteiger partial charge is 0.416 e. The molecule has 2 heterocycles. The number of halogens is 4. The van der Waals surface area contributed by atoms with Crippen LogP contribution in [-0.4, -0.2) is 9.38 Å². The molecule has 0 radical (unpaired) electrons. The number of imidazole rings is 1. The number of hydrogen-bond acceptors (Lipinski definition) is 1. The summed E-state index contributed by atoms with van der Waals surface area (Å²) in [6, 6.07) is 9.52. The Labute approximate surface area is 121 Å². The standard InChI is InChI=1S/C14H8BrF3N2/c15-11-4-2-1-3-10(11)12-8-20-6-5-9(14(16,17)18)7-13(20)19-12/h1-8H. The van der Waals surface area contributed by atoms with E-state index in [0.29, 0.717) is 5.69 Å². The van der Waals surface area contributed by atoms with Crippen molar-refractivity contribution in [2.75, 3.05) is 0 Å². The molecule has 0 saturated carbocycles. The molecule has 0 spiro atoms. The van der Waals surface area contributed by atoms with E-state index in [2.05, 4.69) is 20.9 Å². The van der Waals surface area contributed by atoms with Gasteiger partial charge in [0, 0.05) is 22.4 Å². The maximum Gasteiger partial charge on any atom is 0.416 e. The van der Waals surface area contributed by atoms with Gasteiger partial charge in [-0.2, -0.15) is 13.2 Å². The van der Waals surface area contributed by atoms with Crippen LogP contribution in [0.2, 0.25) is 0 Å². The monoisotopic (exact) mass is 340 g/mol. The van der Waals surface area contributed by atoms with Crippen LogP contribution in [0.1, 0.15) is 5.56 Å². The second-order valence-electron chi connectivity index (χ2n) is 4.28. The highest BCUT2D eigenvalue weighted by Gasteiger charge is 2.30. The zero-order valence-electron chi connectivity index (χ0n) is 10.0. The van der Waals surface area contributed by atoms with Crippen LogP contribution in [0.3, 0.4) is 0 Å². The average Bonchev–Trinajstić information content (AvgIpc) is 2.80. The molecule has 20 heavy (non-hydrogen) atoms. The number of alkyl halides is 3. The lowest BCUT2D eigenvalue weighted by atomic mass is 10.2. The van der Waals surface area contributed by atoms with Crippen LogP contribution in [-0.2, 0) is 6.18 Å². The highest BCUT2D eigenvalue weighted by atomic mass is 79.9. The first-order valence-corrected chi connectivity index (χ1v) is 6.55. The van der Waals surface area contributed by atoms with Crippen molar-refractivity contribution in [3.05, 3.63) is 58.8 Å². The maximum absolute atomic E-state index is 12.7. The zero-order valence-corrected chi connectivity index (χ0v) is 11.6. The quantitative estimate of drug-likeness (QED) is 0.623. The molecule has 6 heteroatoms. The van der Waals surface area contributed by atoms with E-state index >= 15 is 0 Å². The summed E-state index contributed by atoms with van der Waals surface area (Å²) in [7, 11) is 0. The summed E-state index contributed by atoms with van der Waals surface area (Å²) in [5.74, 6) is 0. The van der Waals surface area contributed by atoms with Crippen LogP contribution in [0.15, 0.2) is 53.3 Å². The molecule has 0 fully saturated rings. The van der Waals surface area contributed by atoms with Crippen molar-refractivity contribution < 1.29 is 13.2 Å². The third-order valence-electron chi connectivity index (χ3n) is 2.94. The number of hydrogen-bond donors (Lipinski definition) is 0. The summed E-state index contributed by atoms with van der Waals surface area (Å²) in [5.41, 5.74) is 1.03. The highest BCUT2D eigenvalue weighted by molar-refractivity contribution is 9.10. The minimum absolute atomic E-state index is 0.269. The molecule has 0 unspecified atom stereocenters. The van der Waals surface area contributed by atoms with E-state index < -0.39 is 11.7 Å². The fraction of sp³-hybridized carbons (Fsp3) is 0.0714. The maximum atomic E-state index is 12.7. The second kappa shape index (κ2) is 4.63. The lowest BCUT2D eigenvalue weighted by Crippen LogP contribution is -2.05. The van der Waals surface area contributed by atoms with Crippen molar-refractivity contribution in [3.63, 3.8) is 0 Å². The molecule has 0 aliphatic carbocycles. The Hall–Kier alpha value is -1.82. The van der Waals surface area contributed by atoms with Crippen LogP contribution in [0.4, 0.5) is 13.2 Å². The Kier molecular flexibility index (Phi) is 3.05. The van der Waals surface area contributed by atoms with Gasteiger partial charge >= 0.3 is 6.18 Å². The SMILES string of the molecule is FC(F)(F)c1ccn2cc(-c3ccccc3Br)nc2c1. The predicted octanol–water partition coefficient (Wildman–Crippen LogP) is 4.78. The molecule has 3 aromatic rings. The molecule has 3 rings (SSSR count). The van der Waals surface area contributed by atoms with Gasteiger partial charge in [0.1, 0.15) is 5.65 Å². The van der Waals surface area contributed by atoms with Gasteiger partial charge in [-0.25, -0.2) is 4.98 Å². The van der Waals surface area contributed by atoms with Crippen molar-refractivity contribution in [3.8, 4) is 11.3 Å². The second-order valence-corrected chi connectivity index (χ2v) is 5.14. The van der Waals surface area contributed by atoms with E-state index in [1.807, 2.05) is 24.3 Å². The molecule has 102 valence electrons. The van der Waals surface area contributed by atoms with Gasteiger partial charge in [-0.3, -0.25) is 0 Å². The summed E-state index contributed by atoms with van der Waals surface area (Å²) in [6.45, 7) is 0. The number of benzene rings is 1. The van der Waals surface area contributed by atoms with Gasteiger partial charge in [-0.1, -0.05) is 34.1 Å². The van der Waals surface area contributed by atoms with E-state index in [4.69, 9.17) is 0 Å². The van der Waals surface area contributed by atoms with Crippen molar-refractivity contribution in [2.24, 2.45) is 0 Å². The minimum atomic E-state index is -4.36. The predicted molar refractivity (Wildman–Crippen MR) is 73.3 cm³/mol. The van der Waals surface area contributed by atoms with Crippen molar-refractivity contribution >= 4 is 21.6 Å². The van der Waals surface area contributed by atoms with E-state index in [-0.39, 0.29) is 5.65 Å². The minimum Gasteiger partial charge on any atom is -0.306 e. The van der Waals surface area contributed by atoms with Crippen LogP contribution in [0, 0.1) is 0 Å². The van der Waals surface area contributed by atoms with Gasteiger partial charge in [0.2, 0.25) is 0 Å². The topological polar surface area (TPSA) is 17.3 Å². The number of pyridine rings is 1. The van der Waals surface area contributed by atoms with Crippen molar-refractivity contribution in [1.82, 2.24) is 9.38 Å². The van der Waals surface area contributed by atoms with Gasteiger partial charge in [0.05, 0.1) is 11.3 Å². The van der Waals surface area contributed by atoms with E-state index in [9.17, 15) is 13.2 Å². The smallest absolute Gasteiger partial charge is 0.306 e. The molecule has 0 aliphatic heterocycles. The number of nitrogens with zero attached hydrogens (tertiary/aromatic N) is 2. The summed E-state index contributed by atoms with van der Waals surface area (Å²) >= 11 is 3.41. The first-order chi connectivity index (χ1) is 9.45. The Balaban J connectivity index is 2.14. The van der Waals surface area contributed by atoms with Gasteiger partial charge in [0.15, 0.2) is 0 Å². The molecule has 1 aromatic carbocycles. The van der Waals surface area contributed by atoms with Crippen LogP contribution < -0.4 is 0 Å². The number of rotatable bonds is 1. The van der Waals surface area contributed by atoms with Gasteiger partial charge in [0.25, 0.3) is 0 Å². The molecule has 0 atom stereocenters.